The molecule has 1 fully saturated rings. The van der Waals surface area contributed by atoms with Gasteiger partial charge in [0.2, 0.25) is 11.8 Å². The van der Waals surface area contributed by atoms with Crippen molar-refractivity contribution >= 4 is 11.8 Å². The molecule has 24 heavy (non-hydrogen) atoms. The van der Waals surface area contributed by atoms with E-state index in [9.17, 15) is 9.59 Å². The minimum absolute atomic E-state index is 0.0400. The van der Waals surface area contributed by atoms with Crippen molar-refractivity contribution in [2.75, 3.05) is 13.1 Å². The normalized spacial score (nSPS) is 21.8. The highest BCUT2D eigenvalue weighted by Crippen LogP contribution is 2.26. The molecule has 5 nitrogen and oxygen atoms in total. The number of nitrogens with zero attached hydrogens (tertiary/aromatic N) is 1. The maximum Gasteiger partial charge on any atom is 0.250 e. The summed E-state index contributed by atoms with van der Waals surface area (Å²) in [7, 11) is 0. The predicted molar refractivity (Wildman–Crippen MR) is 95.1 cm³/mol. The standard InChI is InChI=1S/C19H29N3O2/c1-13(2)9-17(23)21-18(16-7-5-4-6-8-16)19(24)22-12-15(11-20)10-14(22)3/h4-8,13-15,18H,9-12,20H2,1-3H3,(H,21,23). The van der Waals surface area contributed by atoms with Gasteiger partial charge in [0.05, 0.1) is 0 Å². The second-order valence-electron chi connectivity index (χ2n) is 7.19. The summed E-state index contributed by atoms with van der Waals surface area (Å²) >= 11 is 0. The van der Waals surface area contributed by atoms with Crippen LogP contribution < -0.4 is 11.1 Å². The summed E-state index contributed by atoms with van der Waals surface area (Å²) in [5.41, 5.74) is 6.60. The van der Waals surface area contributed by atoms with E-state index in [4.69, 9.17) is 5.73 Å². The number of rotatable bonds is 6. The quantitative estimate of drug-likeness (QED) is 0.838. The number of nitrogens with two attached hydrogens (primary N) is 1. The van der Waals surface area contributed by atoms with Crippen LogP contribution in [-0.4, -0.2) is 35.8 Å². The van der Waals surface area contributed by atoms with Gasteiger partial charge in [0.15, 0.2) is 0 Å². The van der Waals surface area contributed by atoms with E-state index in [-0.39, 0.29) is 23.8 Å². The van der Waals surface area contributed by atoms with E-state index in [0.717, 1.165) is 12.0 Å². The first-order valence-corrected chi connectivity index (χ1v) is 8.77. The van der Waals surface area contributed by atoms with Crippen molar-refractivity contribution in [1.82, 2.24) is 10.2 Å². The third-order valence-corrected chi connectivity index (χ3v) is 4.56. The molecule has 132 valence electrons. The van der Waals surface area contributed by atoms with Crippen LogP contribution >= 0.6 is 0 Å². The van der Waals surface area contributed by atoms with Crippen molar-refractivity contribution in [3.63, 3.8) is 0 Å². The van der Waals surface area contributed by atoms with Gasteiger partial charge in [-0.2, -0.15) is 0 Å². The number of carbonyl (C=O) groups excluding carboxylic acids is 2. The van der Waals surface area contributed by atoms with Gasteiger partial charge in [0, 0.05) is 19.0 Å². The number of hydrogen-bond acceptors (Lipinski definition) is 3. The molecule has 1 heterocycles. The summed E-state index contributed by atoms with van der Waals surface area (Å²) in [6, 6.07) is 8.99. The molecule has 3 atom stereocenters. The molecule has 1 aliphatic rings. The molecule has 2 amide bonds. The van der Waals surface area contributed by atoms with Crippen molar-refractivity contribution in [3.8, 4) is 0 Å². The highest BCUT2D eigenvalue weighted by atomic mass is 16.2. The number of likely N-dealkylation sites (tertiary alicyclic amines) is 1. The molecular weight excluding hydrogens is 302 g/mol. The molecule has 1 saturated heterocycles. The Morgan fingerprint density at radius 2 is 1.96 bits per heavy atom. The van der Waals surface area contributed by atoms with E-state index in [1.165, 1.54) is 0 Å². The van der Waals surface area contributed by atoms with Crippen LogP contribution in [0.15, 0.2) is 30.3 Å². The van der Waals surface area contributed by atoms with Gasteiger partial charge in [-0.15, -0.1) is 0 Å². The van der Waals surface area contributed by atoms with Crippen LogP contribution in [0.5, 0.6) is 0 Å². The summed E-state index contributed by atoms with van der Waals surface area (Å²) < 4.78 is 0. The number of carbonyl (C=O) groups is 2. The molecule has 0 spiro atoms. The lowest BCUT2D eigenvalue weighted by molar-refractivity contribution is -0.137. The molecule has 0 radical (unpaired) electrons. The summed E-state index contributed by atoms with van der Waals surface area (Å²) in [6.07, 6.45) is 1.33. The fourth-order valence-corrected chi connectivity index (χ4v) is 3.31. The molecule has 1 aliphatic heterocycles. The first-order valence-electron chi connectivity index (χ1n) is 8.77. The Balaban J connectivity index is 2.19. The SMILES string of the molecule is CC(C)CC(=O)NC(C(=O)N1CC(CN)CC1C)c1ccccc1. The fourth-order valence-electron chi connectivity index (χ4n) is 3.31. The molecule has 5 heteroatoms. The van der Waals surface area contributed by atoms with Crippen LogP contribution in [-0.2, 0) is 9.59 Å². The summed E-state index contributed by atoms with van der Waals surface area (Å²) in [4.78, 5) is 27.2. The van der Waals surface area contributed by atoms with E-state index in [0.29, 0.717) is 25.4 Å². The Bertz CT molecular complexity index is 559. The van der Waals surface area contributed by atoms with Gasteiger partial charge in [-0.1, -0.05) is 44.2 Å². The summed E-state index contributed by atoms with van der Waals surface area (Å²) in [6.45, 7) is 7.29. The largest absolute Gasteiger partial charge is 0.341 e. The van der Waals surface area contributed by atoms with E-state index in [2.05, 4.69) is 5.32 Å². The highest BCUT2D eigenvalue weighted by molar-refractivity contribution is 5.89. The Hall–Kier alpha value is -1.88. The van der Waals surface area contributed by atoms with Gasteiger partial charge in [-0.3, -0.25) is 9.59 Å². The zero-order valence-corrected chi connectivity index (χ0v) is 14.9. The molecule has 0 saturated carbocycles. The number of hydrogen-bond donors (Lipinski definition) is 2. The van der Waals surface area contributed by atoms with Gasteiger partial charge in [-0.25, -0.2) is 0 Å². The van der Waals surface area contributed by atoms with Gasteiger partial charge >= 0.3 is 0 Å². The van der Waals surface area contributed by atoms with E-state index < -0.39 is 6.04 Å². The monoisotopic (exact) mass is 331 g/mol. The second kappa shape index (κ2) is 8.29. The van der Waals surface area contributed by atoms with Gasteiger partial charge < -0.3 is 16.0 Å². The van der Waals surface area contributed by atoms with Crippen molar-refractivity contribution in [1.29, 1.82) is 0 Å². The molecular formula is C19H29N3O2. The zero-order chi connectivity index (χ0) is 17.7. The third kappa shape index (κ3) is 4.57. The number of benzene rings is 1. The maximum absolute atomic E-state index is 13.1. The summed E-state index contributed by atoms with van der Waals surface area (Å²) in [5, 5.41) is 2.93. The van der Waals surface area contributed by atoms with Gasteiger partial charge in [-0.05, 0) is 37.3 Å². The molecule has 0 bridgehead atoms. The average molecular weight is 331 g/mol. The minimum Gasteiger partial charge on any atom is -0.341 e. The Labute approximate surface area is 144 Å². The minimum atomic E-state index is -0.628. The van der Waals surface area contributed by atoms with E-state index >= 15 is 0 Å². The summed E-state index contributed by atoms with van der Waals surface area (Å²) in [5.74, 6) is 0.465. The average Bonchev–Trinajstić information content (AvgIpc) is 2.93. The fraction of sp³-hybridized carbons (Fsp3) is 0.579. The smallest absolute Gasteiger partial charge is 0.250 e. The molecule has 0 aromatic heterocycles. The van der Waals surface area contributed by atoms with Crippen LogP contribution in [0, 0.1) is 11.8 Å². The molecule has 1 aromatic carbocycles. The molecule has 3 unspecified atom stereocenters. The van der Waals surface area contributed by atoms with Crippen molar-refractivity contribution in [2.45, 2.75) is 45.7 Å². The number of amides is 2. The molecule has 2 rings (SSSR count). The van der Waals surface area contributed by atoms with Gasteiger partial charge in [0.25, 0.3) is 0 Å². The lowest BCUT2D eigenvalue weighted by Crippen LogP contribution is -2.44. The van der Waals surface area contributed by atoms with Crippen LogP contribution in [0.2, 0.25) is 0 Å². The lowest BCUT2D eigenvalue weighted by Gasteiger charge is -2.28. The highest BCUT2D eigenvalue weighted by Gasteiger charge is 2.36. The van der Waals surface area contributed by atoms with Crippen LogP contribution in [0.25, 0.3) is 0 Å². The topological polar surface area (TPSA) is 75.4 Å². The van der Waals surface area contributed by atoms with Crippen molar-refractivity contribution in [2.24, 2.45) is 17.6 Å². The lowest BCUT2D eigenvalue weighted by atomic mass is 10.0. The first-order chi connectivity index (χ1) is 11.4. The molecule has 0 aliphatic carbocycles. The Morgan fingerprint density at radius 3 is 2.50 bits per heavy atom. The van der Waals surface area contributed by atoms with Crippen molar-refractivity contribution < 1.29 is 9.59 Å². The first kappa shape index (κ1) is 18.5. The molecule has 1 aromatic rings. The van der Waals surface area contributed by atoms with Gasteiger partial charge in [0.1, 0.15) is 6.04 Å². The van der Waals surface area contributed by atoms with E-state index in [1.807, 2.05) is 56.0 Å². The molecule has 3 N–H and O–H groups in total. The Morgan fingerprint density at radius 1 is 1.29 bits per heavy atom. The van der Waals surface area contributed by atoms with Crippen LogP contribution in [0.4, 0.5) is 0 Å². The predicted octanol–water partition coefficient (Wildman–Crippen LogP) is 2.09. The Kier molecular flexibility index (Phi) is 6.37. The number of nitrogens with one attached hydrogen (secondary N) is 1. The van der Waals surface area contributed by atoms with E-state index in [1.54, 1.807) is 0 Å². The van der Waals surface area contributed by atoms with Crippen molar-refractivity contribution in [3.05, 3.63) is 35.9 Å². The van der Waals surface area contributed by atoms with Crippen LogP contribution in [0.1, 0.15) is 45.2 Å². The van der Waals surface area contributed by atoms with Crippen LogP contribution in [0.3, 0.4) is 0 Å². The second-order valence-corrected chi connectivity index (χ2v) is 7.19. The maximum atomic E-state index is 13.1. The zero-order valence-electron chi connectivity index (χ0n) is 14.9. The third-order valence-electron chi connectivity index (χ3n) is 4.56.